The number of carbonyl (C=O) groups is 1. The number of carbonyl (C=O) groups excluding carboxylic acids is 1. The van der Waals surface area contributed by atoms with Crippen LogP contribution in [0.5, 0.6) is 0 Å². The first-order chi connectivity index (χ1) is 8.24. The molecule has 1 amide bonds. The normalized spacial score (nSPS) is 31.5. The molecule has 2 aliphatic carbocycles. The van der Waals surface area contributed by atoms with Crippen molar-refractivity contribution in [2.45, 2.75) is 44.2 Å². The smallest absolute Gasteiger partial charge is 0.225 e. The van der Waals surface area contributed by atoms with Crippen LogP contribution < -0.4 is 5.73 Å². The molecular formula is C13H25Cl2N3O. The molecule has 2 saturated carbocycles. The summed E-state index contributed by atoms with van der Waals surface area (Å²) in [7, 11) is 0. The lowest BCUT2D eigenvalue weighted by atomic mass is 10.1. The standard InChI is InChI=1S/C13H23N3O.2ClH/c14-11-2-1-10(9-11)13(17)16-7-5-15(6-8-16)12-3-4-12;;/h10-12H,1-9,14H2;2*1H. The molecule has 4 nitrogen and oxygen atoms in total. The monoisotopic (exact) mass is 309 g/mol. The van der Waals surface area contributed by atoms with E-state index in [4.69, 9.17) is 5.73 Å². The summed E-state index contributed by atoms with van der Waals surface area (Å²) >= 11 is 0. The predicted octanol–water partition coefficient (Wildman–Crippen LogP) is 1.26. The molecule has 2 N–H and O–H groups in total. The maximum atomic E-state index is 12.3. The van der Waals surface area contributed by atoms with Gasteiger partial charge in [-0.3, -0.25) is 9.69 Å². The highest BCUT2D eigenvalue weighted by atomic mass is 35.5. The van der Waals surface area contributed by atoms with E-state index in [0.717, 1.165) is 51.5 Å². The highest BCUT2D eigenvalue weighted by Gasteiger charge is 2.35. The summed E-state index contributed by atoms with van der Waals surface area (Å²) in [5, 5.41) is 0. The van der Waals surface area contributed by atoms with Crippen LogP contribution in [-0.2, 0) is 4.79 Å². The molecule has 0 bridgehead atoms. The van der Waals surface area contributed by atoms with Crippen LogP contribution in [-0.4, -0.2) is 54.0 Å². The molecule has 1 saturated heterocycles. The van der Waals surface area contributed by atoms with Gasteiger partial charge in [0.15, 0.2) is 0 Å². The molecule has 0 aromatic heterocycles. The molecular weight excluding hydrogens is 285 g/mol. The Labute approximate surface area is 127 Å². The minimum Gasteiger partial charge on any atom is -0.340 e. The zero-order valence-corrected chi connectivity index (χ0v) is 12.9. The van der Waals surface area contributed by atoms with Crippen LogP contribution in [0.15, 0.2) is 0 Å². The van der Waals surface area contributed by atoms with Gasteiger partial charge < -0.3 is 10.6 Å². The molecule has 0 radical (unpaired) electrons. The van der Waals surface area contributed by atoms with E-state index < -0.39 is 0 Å². The van der Waals surface area contributed by atoms with E-state index in [-0.39, 0.29) is 36.8 Å². The Kier molecular flexibility index (Phi) is 6.37. The molecule has 0 aromatic carbocycles. The molecule has 0 spiro atoms. The van der Waals surface area contributed by atoms with Crippen LogP contribution in [0.1, 0.15) is 32.1 Å². The van der Waals surface area contributed by atoms with Gasteiger partial charge in [0, 0.05) is 44.2 Å². The van der Waals surface area contributed by atoms with E-state index in [9.17, 15) is 4.79 Å². The summed E-state index contributed by atoms with van der Waals surface area (Å²) in [5.41, 5.74) is 5.88. The highest BCUT2D eigenvalue weighted by Crippen LogP contribution is 2.29. The lowest BCUT2D eigenvalue weighted by molar-refractivity contribution is -0.137. The van der Waals surface area contributed by atoms with Gasteiger partial charge >= 0.3 is 0 Å². The third-order valence-corrected chi connectivity index (χ3v) is 4.51. The number of rotatable bonds is 2. The number of nitrogens with zero attached hydrogens (tertiary/aromatic N) is 2. The SMILES string of the molecule is Cl.Cl.NC1CCC(C(=O)N2CCN(C3CC3)CC2)C1. The third kappa shape index (κ3) is 3.97. The molecule has 3 rings (SSSR count). The second kappa shape index (κ2) is 7.11. The Hall–Kier alpha value is -0.0300. The molecule has 3 aliphatic rings. The van der Waals surface area contributed by atoms with Crippen molar-refractivity contribution in [2.24, 2.45) is 11.7 Å². The maximum Gasteiger partial charge on any atom is 0.225 e. The topological polar surface area (TPSA) is 49.6 Å². The number of hydrogen-bond donors (Lipinski definition) is 1. The molecule has 1 aliphatic heterocycles. The fraction of sp³-hybridized carbons (Fsp3) is 0.923. The van der Waals surface area contributed by atoms with Crippen molar-refractivity contribution in [2.75, 3.05) is 26.2 Å². The van der Waals surface area contributed by atoms with Crippen molar-refractivity contribution < 1.29 is 4.79 Å². The van der Waals surface area contributed by atoms with Crippen molar-refractivity contribution in [3.8, 4) is 0 Å². The van der Waals surface area contributed by atoms with Gasteiger partial charge in [-0.1, -0.05) is 0 Å². The Morgan fingerprint density at radius 2 is 1.58 bits per heavy atom. The van der Waals surface area contributed by atoms with Crippen LogP contribution in [0.4, 0.5) is 0 Å². The summed E-state index contributed by atoms with van der Waals surface area (Å²) in [4.78, 5) is 16.9. The van der Waals surface area contributed by atoms with E-state index in [1.165, 1.54) is 12.8 Å². The third-order valence-electron chi connectivity index (χ3n) is 4.51. The first-order valence-corrected chi connectivity index (χ1v) is 7.02. The average molecular weight is 310 g/mol. The van der Waals surface area contributed by atoms with Crippen molar-refractivity contribution in [1.29, 1.82) is 0 Å². The van der Waals surface area contributed by atoms with E-state index in [2.05, 4.69) is 9.80 Å². The van der Waals surface area contributed by atoms with Gasteiger partial charge in [-0.2, -0.15) is 0 Å². The number of nitrogens with two attached hydrogens (primary N) is 1. The fourth-order valence-corrected chi connectivity index (χ4v) is 3.25. The van der Waals surface area contributed by atoms with Crippen LogP contribution in [0.3, 0.4) is 0 Å². The summed E-state index contributed by atoms with van der Waals surface area (Å²) in [5.74, 6) is 0.589. The molecule has 2 unspecified atom stereocenters. The molecule has 112 valence electrons. The molecule has 6 heteroatoms. The second-order valence-corrected chi connectivity index (χ2v) is 5.86. The number of hydrogen-bond acceptors (Lipinski definition) is 3. The quantitative estimate of drug-likeness (QED) is 0.835. The van der Waals surface area contributed by atoms with Crippen LogP contribution in [0.2, 0.25) is 0 Å². The first-order valence-electron chi connectivity index (χ1n) is 7.02. The van der Waals surface area contributed by atoms with Gasteiger partial charge in [-0.15, -0.1) is 24.8 Å². The van der Waals surface area contributed by atoms with Crippen molar-refractivity contribution in [3.63, 3.8) is 0 Å². The van der Waals surface area contributed by atoms with Crippen molar-refractivity contribution in [1.82, 2.24) is 9.80 Å². The average Bonchev–Trinajstić information content (AvgIpc) is 3.11. The Balaban J connectivity index is 0.000000902. The number of halogens is 2. The van der Waals surface area contributed by atoms with Gasteiger partial charge in [0.05, 0.1) is 0 Å². The summed E-state index contributed by atoms with van der Waals surface area (Å²) in [6.45, 7) is 4.02. The van der Waals surface area contributed by atoms with Crippen LogP contribution >= 0.6 is 24.8 Å². The van der Waals surface area contributed by atoms with Crippen molar-refractivity contribution >= 4 is 30.7 Å². The van der Waals surface area contributed by atoms with E-state index in [1.807, 2.05) is 0 Å². The van der Waals surface area contributed by atoms with Gasteiger partial charge in [0.1, 0.15) is 0 Å². The lowest BCUT2D eigenvalue weighted by Gasteiger charge is -2.36. The molecule has 19 heavy (non-hydrogen) atoms. The largest absolute Gasteiger partial charge is 0.340 e. The van der Waals surface area contributed by atoms with E-state index in [0.29, 0.717) is 5.91 Å². The predicted molar refractivity (Wildman–Crippen MR) is 81.0 cm³/mol. The van der Waals surface area contributed by atoms with Gasteiger partial charge in [0.25, 0.3) is 0 Å². The lowest BCUT2D eigenvalue weighted by Crippen LogP contribution is -2.50. The minimum atomic E-state index is 0. The summed E-state index contributed by atoms with van der Waals surface area (Å²) < 4.78 is 0. The number of amides is 1. The van der Waals surface area contributed by atoms with Crippen molar-refractivity contribution in [3.05, 3.63) is 0 Å². The zero-order chi connectivity index (χ0) is 11.8. The van der Waals surface area contributed by atoms with Gasteiger partial charge in [0.2, 0.25) is 5.91 Å². The fourth-order valence-electron chi connectivity index (χ4n) is 3.25. The number of piperazine rings is 1. The van der Waals surface area contributed by atoms with Crippen LogP contribution in [0, 0.1) is 5.92 Å². The second-order valence-electron chi connectivity index (χ2n) is 5.86. The molecule has 3 fully saturated rings. The van der Waals surface area contributed by atoms with Gasteiger partial charge in [-0.05, 0) is 32.1 Å². The van der Waals surface area contributed by atoms with Crippen LogP contribution in [0.25, 0.3) is 0 Å². The minimum absolute atomic E-state index is 0. The highest BCUT2D eigenvalue weighted by molar-refractivity contribution is 5.85. The Morgan fingerprint density at radius 3 is 2.05 bits per heavy atom. The summed E-state index contributed by atoms with van der Waals surface area (Å²) in [6.07, 6.45) is 5.67. The molecule has 1 heterocycles. The first kappa shape index (κ1) is 17.0. The van der Waals surface area contributed by atoms with E-state index >= 15 is 0 Å². The zero-order valence-electron chi connectivity index (χ0n) is 11.3. The molecule has 2 atom stereocenters. The summed E-state index contributed by atoms with van der Waals surface area (Å²) in [6, 6.07) is 1.10. The van der Waals surface area contributed by atoms with E-state index in [1.54, 1.807) is 0 Å². The Morgan fingerprint density at radius 1 is 0.947 bits per heavy atom. The van der Waals surface area contributed by atoms with Gasteiger partial charge in [-0.25, -0.2) is 0 Å². The molecule has 0 aromatic rings. The Bertz CT molecular complexity index is 304. The maximum absolute atomic E-state index is 12.3.